The van der Waals surface area contributed by atoms with Gasteiger partial charge in [0.1, 0.15) is 17.9 Å². The average molecular weight is 419 g/mol. The van der Waals surface area contributed by atoms with Crippen molar-refractivity contribution in [1.29, 1.82) is 0 Å². The topological polar surface area (TPSA) is 74.0 Å². The van der Waals surface area contributed by atoms with Crippen molar-refractivity contribution in [2.24, 2.45) is 17.3 Å². The van der Waals surface area contributed by atoms with E-state index in [9.17, 15) is 4.79 Å². The highest BCUT2D eigenvalue weighted by Gasteiger charge is 2.26. The van der Waals surface area contributed by atoms with Crippen molar-refractivity contribution in [3.63, 3.8) is 0 Å². The third kappa shape index (κ3) is 5.88. The van der Waals surface area contributed by atoms with Gasteiger partial charge in [0.15, 0.2) is 5.58 Å². The molecule has 2 heterocycles. The first-order valence-electron chi connectivity index (χ1n) is 10.8. The van der Waals surface area contributed by atoms with Crippen LogP contribution in [0.4, 0.5) is 0 Å². The van der Waals surface area contributed by atoms with E-state index >= 15 is 0 Å². The van der Waals surface area contributed by atoms with E-state index in [1.807, 2.05) is 39.0 Å². The second kappa shape index (κ2) is 9.69. The molecule has 30 heavy (non-hydrogen) atoms. The molecule has 0 spiro atoms. The Morgan fingerprint density at radius 3 is 2.63 bits per heavy atom. The third-order valence-corrected chi connectivity index (χ3v) is 5.15. The number of nitrogens with zero attached hydrogens (tertiary/aromatic N) is 2. The Morgan fingerprint density at radius 1 is 1.23 bits per heavy atom. The van der Waals surface area contributed by atoms with Gasteiger partial charge in [-0.2, -0.15) is 0 Å². The maximum absolute atomic E-state index is 11.9. The number of piperidine rings is 1. The zero-order valence-electron chi connectivity index (χ0n) is 18.8. The van der Waals surface area contributed by atoms with Gasteiger partial charge < -0.3 is 18.7 Å². The van der Waals surface area contributed by atoms with Gasteiger partial charge in [0, 0.05) is 13.1 Å². The fraction of sp³-hybridized carbons (Fsp3) is 0.652. The normalized spacial score (nSPS) is 16.2. The van der Waals surface area contributed by atoms with Crippen molar-refractivity contribution in [1.82, 2.24) is 10.1 Å². The molecular weight excluding hydrogens is 384 g/mol. The van der Waals surface area contributed by atoms with Crippen LogP contribution in [0.25, 0.3) is 11.0 Å². The van der Waals surface area contributed by atoms with Gasteiger partial charge in [-0.3, -0.25) is 9.69 Å². The van der Waals surface area contributed by atoms with Gasteiger partial charge in [-0.1, -0.05) is 19.9 Å². The Kier molecular flexibility index (Phi) is 7.23. The minimum atomic E-state index is -0.468. The molecule has 0 radical (unpaired) electrons. The number of hydrogen-bond acceptors (Lipinski definition) is 7. The first kappa shape index (κ1) is 22.4. The largest absolute Gasteiger partial charge is 0.492 e. The summed E-state index contributed by atoms with van der Waals surface area (Å²) >= 11 is 0. The van der Waals surface area contributed by atoms with Gasteiger partial charge in [0.05, 0.1) is 18.6 Å². The zero-order chi connectivity index (χ0) is 21.7. The van der Waals surface area contributed by atoms with Crippen LogP contribution in [-0.4, -0.2) is 49.1 Å². The van der Waals surface area contributed by atoms with Crippen LogP contribution in [0.3, 0.4) is 0 Å². The first-order valence-corrected chi connectivity index (χ1v) is 10.8. The number of benzene rings is 1. The smallest absolute Gasteiger partial charge is 0.312 e. The lowest BCUT2D eigenvalue weighted by molar-refractivity contribution is -0.158. The fourth-order valence-electron chi connectivity index (χ4n) is 3.25. The van der Waals surface area contributed by atoms with E-state index in [1.165, 1.54) is 0 Å². The van der Waals surface area contributed by atoms with E-state index in [1.54, 1.807) is 0 Å². The van der Waals surface area contributed by atoms with Crippen LogP contribution in [0.15, 0.2) is 22.7 Å². The molecule has 0 atom stereocenters. The summed E-state index contributed by atoms with van der Waals surface area (Å²) in [6.07, 6.45) is 1.97. The summed E-state index contributed by atoms with van der Waals surface area (Å²) in [5.74, 6) is 1.92. The number of carbonyl (C=O) groups is 1. The van der Waals surface area contributed by atoms with Crippen molar-refractivity contribution < 1.29 is 23.5 Å². The van der Waals surface area contributed by atoms with Crippen LogP contribution in [0.1, 0.15) is 47.5 Å². The van der Waals surface area contributed by atoms with Crippen LogP contribution in [-0.2, 0) is 9.53 Å². The quantitative estimate of drug-likeness (QED) is 0.584. The van der Waals surface area contributed by atoms with Gasteiger partial charge in [-0.15, -0.1) is 0 Å². The number of ether oxygens (including phenoxy) is 3. The summed E-state index contributed by atoms with van der Waals surface area (Å²) in [6.45, 7) is 13.2. The predicted octanol–water partition coefficient (Wildman–Crippen LogP) is 4.50. The third-order valence-electron chi connectivity index (χ3n) is 5.15. The number of rotatable bonds is 8. The number of esters is 1. The van der Waals surface area contributed by atoms with Gasteiger partial charge in [-0.25, -0.2) is 0 Å². The van der Waals surface area contributed by atoms with Crippen molar-refractivity contribution in [3.8, 4) is 11.6 Å². The van der Waals surface area contributed by atoms with Gasteiger partial charge >= 0.3 is 5.97 Å². The second-order valence-corrected chi connectivity index (χ2v) is 9.51. The highest BCUT2D eigenvalue weighted by molar-refractivity contribution is 5.88. The molecule has 2 aromatic rings. The molecule has 0 saturated carbocycles. The predicted molar refractivity (Wildman–Crippen MR) is 115 cm³/mol. The molecular formula is C23H34N2O5. The summed E-state index contributed by atoms with van der Waals surface area (Å²) in [5, 5.41) is 4.91. The highest BCUT2D eigenvalue weighted by atomic mass is 16.5. The van der Waals surface area contributed by atoms with Crippen LogP contribution in [0, 0.1) is 17.3 Å². The molecule has 0 amide bonds. The molecule has 1 saturated heterocycles. The Morgan fingerprint density at radius 2 is 1.97 bits per heavy atom. The molecule has 1 aliphatic heterocycles. The maximum atomic E-state index is 11.9. The molecule has 3 rings (SSSR count). The molecule has 0 aliphatic carbocycles. The van der Waals surface area contributed by atoms with E-state index in [0.717, 1.165) is 37.1 Å². The molecule has 0 N–H and O–H groups in total. The molecule has 1 aromatic carbocycles. The molecule has 1 aliphatic rings. The maximum Gasteiger partial charge on any atom is 0.312 e. The lowest BCUT2D eigenvalue weighted by Gasteiger charge is -2.31. The fourth-order valence-corrected chi connectivity index (χ4v) is 3.25. The molecule has 1 aromatic heterocycles. The molecule has 7 heteroatoms. The summed E-state index contributed by atoms with van der Waals surface area (Å²) in [4.78, 5) is 14.1. The van der Waals surface area contributed by atoms with E-state index in [-0.39, 0.29) is 5.97 Å². The first-order chi connectivity index (χ1) is 14.2. The van der Waals surface area contributed by atoms with Crippen LogP contribution in [0.2, 0.25) is 0 Å². The van der Waals surface area contributed by atoms with Crippen LogP contribution < -0.4 is 9.47 Å². The highest BCUT2D eigenvalue weighted by Crippen LogP contribution is 2.34. The molecule has 7 nitrogen and oxygen atoms in total. The number of hydrogen-bond donors (Lipinski definition) is 0. The monoisotopic (exact) mass is 418 g/mol. The Labute approximate surface area is 178 Å². The summed E-state index contributed by atoms with van der Waals surface area (Å²) < 4.78 is 22.8. The van der Waals surface area contributed by atoms with E-state index in [0.29, 0.717) is 43.2 Å². The van der Waals surface area contributed by atoms with Crippen molar-refractivity contribution in [3.05, 3.63) is 18.2 Å². The van der Waals surface area contributed by atoms with Crippen LogP contribution in [0.5, 0.6) is 11.6 Å². The van der Waals surface area contributed by atoms with Gasteiger partial charge in [-0.05, 0) is 62.7 Å². The molecule has 166 valence electrons. The van der Waals surface area contributed by atoms with E-state index < -0.39 is 5.41 Å². The SMILES string of the molecule is CC(C)COc1cccc2onc(OCC3CCN(COC(=O)C(C)(C)C)CC3)c12. The van der Waals surface area contributed by atoms with Crippen molar-refractivity contribution in [2.75, 3.05) is 33.0 Å². The Balaban J connectivity index is 1.50. The van der Waals surface area contributed by atoms with E-state index in [4.69, 9.17) is 18.7 Å². The summed E-state index contributed by atoms with van der Waals surface area (Å²) in [5.41, 5.74) is 0.200. The van der Waals surface area contributed by atoms with Gasteiger partial charge in [0.2, 0.25) is 0 Å². The number of fused-ring (bicyclic) bond motifs is 1. The second-order valence-electron chi connectivity index (χ2n) is 9.51. The lowest BCUT2D eigenvalue weighted by Crippen LogP contribution is -2.38. The minimum Gasteiger partial charge on any atom is -0.492 e. The standard InChI is InChI=1S/C23H34N2O5/c1-16(2)13-27-18-7-6-8-19-20(18)21(24-30-19)28-14-17-9-11-25(12-10-17)15-29-22(26)23(3,4)5/h6-8,16-17H,9-15H2,1-5H3. The molecule has 1 fully saturated rings. The summed E-state index contributed by atoms with van der Waals surface area (Å²) in [7, 11) is 0. The average Bonchev–Trinajstić information content (AvgIpc) is 3.12. The van der Waals surface area contributed by atoms with E-state index in [2.05, 4.69) is 23.9 Å². The number of aromatic nitrogens is 1. The molecule has 0 bridgehead atoms. The van der Waals surface area contributed by atoms with Gasteiger partial charge in [0.25, 0.3) is 5.88 Å². The van der Waals surface area contributed by atoms with Crippen LogP contribution >= 0.6 is 0 Å². The zero-order valence-corrected chi connectivity index (χ0v) is 18.8. The lowest BCUT2D eigenvalue weighted by atomic mass is 9.97. The van der Waals surface area contributed by atoms with Crippen molar-refractivity contribution >= 4 is 16.9 Å². The number of likely N-dealkylation sites (tertiary alicyclic amines) is 1. The van der Waals surface area contributed by atoms with Crippen molar-refractivity contribution in [2.45, 2.75) is 47.5 Å². The number of carbonyl (C=O) groups excluding carboxylic acids is 1. The minimum absolute atomic E-state index is 0.165. The Hall–Kier alpha value is -2.28. The molecule has 0 unspecified atom stereocenters. The summed E-state index contributed by atoms with van der Waals surface area (Å²) in [6, 6.07) is 5.69. The Bertz CT molecular complexity index is 832.